The van der Waals surface area contributed by atoms with Gasteiger partial charge in [-0.1, -0.05) is 23.7 Å². The Bertz CT molecular complexity index is 1570. The van der Waals surface area contributed by atoms with Gasteiger partial charge in [0.05, 0.1) is 5.02 Å². The molecule has 0 spiro atoms. The van der Waals surface area contributed by atoms with Crippen LogP contribution in [0, 0.1) is 11.7 Å². The third-order valence-electron chi connectivity index (χ3n) is 8.39. The number of hydrogen-bond donors (Lipinski definition) is 2. The van der Waals surface area contributed by atoms with E-state index in [-0.39, 0.29) is 59.3 Å². The number of carbonyl (C=O) groups excluding carboxylic acids is 4. The van der Waals surface area contributed by atoms with Gasteiger partial charge in [0.1, 0.15) is 18.4 Å². The number of piperidine rings is 1. The van der Waals surface area contributed by atoms with E-state index in [2.05, 4.69) is 10.6 Å². The normalized spacial score (nSPS) is 21.2. The number of aromatic nitrogens is 1. The second kappa shape index (κ2) is 10.8. The smallest absolute Gasteiger partial charge is 0.321 e. The van der Waals surface area contributed by atoms with Gasteiger partial charge in [-0.3, -0.25) is 14.4 Å². The van der Waals surface area contributed by atoms with Gasteiger partial charge >= 0.3 is 6.03 Å². The molecule has 41 heavy (non-hydrogen) atoms. The molecule has 0 unspecified atom stereocenters. The number of amides is 4. The molecule has 214 valence electrons. The number of hydrogen-bond acceptors (Lipinski definition) is 4. The quantitative estimate of drug-likeness (QED) is 0.400. The Morgan fingerprint density at radius 1 is 1.07 bits per heavy atom. The lowest BCUT2D eigenvalue weighted by atomic mass is 10.1. The standard InChI is InChI=1S/C30H31ClFN5O4/c1-17(38)22-15-36(24-8-7-20(13-21(22)24)34-30(41)35-9-2-3-10-35)16-27(39)37-25-11-19(25)12-26(37)29(40)33-14-18-5-4-6-23(31)28(18)32/h4-8,13,15,19,25-26H,2-3,9-12,14,16H2,1H3,(H,33,40)(H,34,41)/t19-,25-,26+/m1/s1. The van der Waals surface area contributed by atoms with Crippen molar-refractivity contribution in [3.63, 3.8) is 0 Å². The van der Waals surface area contributed by atoms with Crippen LogP contribution < -0.4 is 10.6 Å². The second-order valence-corrected chi connectivity index (χ2v) is 11.5. The molecule has 2 aliphatic heterocycles. The Balaban J connectivity index is 1.18. The summed E-state index contributed by atoms with van der Waals surface area (Å²) in [5, 5.41) is 6.31. The lowest BCUT2D eigenvalue weighted by Crippen LogP contribution is -2.48. The highest BCUT2D eigenvalue weighted by atomic mass is 35.5. The van der Waals surface area contributed by atoms with Gasteiger partial charge < -0.3 is 25.0 Å². The number of urea groups is 1. The minimum atomic E-state index is -0.644. The van der Waals surface area contributed by atoms with Crippen LogP contribution in [-0.2, 0) is 22.7 Å². The van der Waals surface area contributed by atoms with Gasteiger partial charge in [0.2, 0.25) is 11.8 Å². The van der Waals surface area contributed by atoms with E-state index >= 15 is 0 Å². The van der Waals surface area contributed by atoms with Crippen LogP contribution in [0.2, 0.25) is 5.02 Å². The van der Waals surface area contributed by atoms with Crippen molar-refractivity contribution in [2.75, 3.05) is 18.4 Å². The Morgan fingerprint density at radius 3 is 2.61 bits per heavy atom. The first-order chi connectivity index (χ1) is 19.7. The van der Waals surface area contributed by atoms with E-state index in [4.69, 9.17) is 11.6 Å². The minimum Gasteiger partial charge on any atom is -0.350 e. The van der Waals surface area contributed by atoms with E-state index in [1.807, 2.05) is 0 Å². The van der Waals surface area contributed by atoms with Crippen molar-refractivity contribution in [1.82, 2.24) is 19.7 Å². The fourth-order valence-corrected chi connectivity index (χ4v) is 6.36. The van der Waals surface area contributed by atoms with Crippen LogP contribution in [0.25, 0.3) is 10.9 Å². The highest BCUT2D eigenvalue weighted by molar-refractivity contribution is 6.30. The molecule has 0 radical (unpaired) electrons. The predicted molar refractivity (Wildman–Crippen MR) is 152 cm³/mol. The topological polar surface area (TPSA) is 104 Å². The van der Waals surface area contributed by atoms with Crippen LogP contribution in [0.5, 0.6) is 0 Å². The fraction of sp³-hybridized carbons (Fsp3) is 0.400. The Morgan fingerprint density at radius 2 is 1.85 bits per heavy atom. The maximum Gasteiger partial charge on any atom is 0.321 e. The average Bonchev–Trinajstić information content (AvgIpc) is 3.30. The molecule has 2 aromatic carbocycles. The van der Waals surface area contributed by atoms with Gasteiger partial charge in [-0.05, 0) is 62.8 Å². The van der Waals surface area contributed by atoms with Gasteiger partial charge in [-0.15, -0.1) is 0 Å². The van der Waals surface area contributed by atoms with Crippen molar-refractivity contribution < 1.29 is 23.6 Å². The van der Waals surface area contributed by atoms with Crippen molar-refractivity contribution >= 4 is 51.8 Å². The number of likely N-dealkylation sites (tertiary alicyclic amines) is 2. The summed E-state index contributed by atoms with van der Waals surface area (Å²) in [5.41, 5.74) is 1.99. The van der Waals surface area contributed by atoms with Gasteiger partial charge in [-0.25, -0.2) is 9.18 Å². The number of rotatable bonds is 7. The van der Waals surface area contributed by atoms with Crippen LogP contribution >= 0.6 is 11.6 Å². The first-order valence-electron chi connectivity index (χ1n) is 13.9. The third kappa shape index (κ3) is 5.28. The third-order valence-corrected chi connectivity index (χ3v) is 8.68. The van der Waals surface area contributed by atoms with E-state index in [0.717, 1.165) is 32.4 Å². The molecule has 3 aliphatic rings. The molecule has 2 saturated heterocycles. The molecule has 2 N–H and O–H groups in total. The molecule has 1 aliphatic carbocycles. The number of nitrogens with one attached hydrogen (secondary N) is 2. The van der Waals surface area contributed by atoms with Gasteiger partial charge in [0.25, 0.3) is 0 Å². The summed E-state index contributed by atoms with van der Waals surface area (Å²) in [7, 11) is 0. The number of carbonyl (C=O) groups is 4. The Hall–Kier alpha value is -3.92. The van der Waals surface area contributed by atoms with E-state index in [1.54, 1.807) is 50.9 Å². The number of Topliss-reactive ketones (excluding diaryl/α,β-unsaturated/α-hetero) is 1. The number of nitrogens with zero attached hydrogens (tertiary/aromatic N) is 3. The first kappa shape index (κ1) is 27.3. The van der Waals surface area contributed by atoms with Crippen LogP contribution in [-0.4, -0.2) is 63.2 Å². The molecule has 3 atom stereocenters. The summed E-state index contributed by atoms with van der Waals surface area (Å²) >= 11 is 5.86. The van der Waals surface area contributed by atoms with Crippen molar-refractivity contribution in [1.29, 1.82) is 0 Å². The van der Waals surface area contributed by atoms with Crippen LogP contribution in [0.1, 0.15) is 48.5 Å². The van der Waals surface area contributed by atoms with E-state index < -0.39 is 11.9 Å². The average molecular weight is 580 g/mol. The minimum absolute atomic E-state index is 0.00246. The fourth-order valence-electron chi connectivity index (χ4n) is 6.17. The molecule has 3 fully saturated rings. The summed E-state index contributed by atoms with van der Waals surface area (Å²) in [6.45, 7) is 2.84. The molecule has 1 aromatic heterocycles. The highest BCUT2D eigenvalue weighted by Crippen LogP contribution is 2.48. The van der Waals surface area contributed by atoms with Gasteiger partial charge in [0, 0.05) is 59.6 Å². The van der Waals surface area contributed by atoms with Crippen LogP contribution in [0.3, 0.4) is 0 Å². The summed E-state index contributed by atoms with van der Waals surface area (Å²) in [6, 6.07) is 9.13. The highest BCUT2D eigenvalue weighted by Gasteiger charge is 2.55. The number of anilines is 1. The van der Waals surface area contributed by atoms with E-state index in [9.17, 15) is 23.6 Å². The van der Waals surface area contributed by atoms with Crippen molar-refractivity contribution in [3.8, 4) is 0 Å². The zero-order chi connectivity index (χ0) is 28.8. The monoisotopic (exact) mass is 579 g/mol. The van der Waals surface area contributed by atoms with Crippen molar-refractivity contribution in [2.45, 2.75) is 57.8 Å². The van der Waals surface area contributed by atoms with E-state index in [1.165, 1.54) is 13.0 Å². The summed E-state index contributed by atoms with van der Waals surface area (Å²) in [6.07, 6.45) is 5.04. The molecule has 0 bridgehead atoms. The number of fused-ring (bicyclic) bond motifs is 2. The second-order valence-electron chi connectivity index (χ2n) is 11.1. The summed E-state index contributed by atoms with van der Waals surface area (Å²) < 4.78 is 16.0. The van der Waals surface area contributed by atoms with Crippen LogP contribution in [0.4, 0.5) is 14.9 Å². The van der Waals surface area contributed by atoms with Crippen LogP contribution in [0.15, 0.2) is 42.6 Å². The predicted octanol–water partition coefficient (Wildman–Crippen LogP) is 4.57. The number of halogens is 2. The molecular formula is C30H31ClFN5O4. The zero-order valence-corrected chi connectivity index (χ0v) is 23.4. The number of ketones is 1. The molecule has 3 heterocycles. The summed E-state index contributed by atoms with van der Waals surface area (Å²) in [5.74, 6) is -1.00. The summed E-state index contributed by atoms with van der Waals surface area (Å²) in [4.78, 5) is 55.2. The zero-order valence-electron chi connectivity index (χ0n) is 22.7. The largest absolute Gasteiger partial charge is 0.350 e. The SMILES string of the molecule is CC(=O)c1cn(CC(=O)N2[C@@H]3C[C@@H]3C[C@H]2C(=O)NCc2cccc(Cl)c2F)c2ccc(NC(=O)N3CCCC3)cc12. The molecule has 9 nitrogen and oxygen atoms in total. The lowest BCUT2D eigenvalue weighted by molar-refractivity contribution is -0.140. The Kier molecular flexibility index (Phi) is 7.19. The van der Waals surface area contributed by atoms with Gasteiger partial charge in [0.15, 0.2) is 5.78 Å². The maximum atomic E-state index is 14.3. The molecule has 11 heteroatoms. The molecule has 1 saturated carbocycles. The van der Waals surface area contributed by atoms with E-state index in [0.29, 0.717) is 28.6 Å². The van der Waals surface area contributed by atoms with Gasteiger partial charge in [-0.2, -0.15) is 0 Å². The number of benzene rings is 2. The first-order valence-corrected chi connectivity index (χ1v) is 14.3. The molecule has 3 aromatic rings. The van der Waals surface area contributed by atoms with Crippen molar-refractivity contribution in [2.24, 2.45) is 5.92 Å². The van der Waals surface area contributed by atoms with Crippen molar-refractivity contribution in [3.05, 3.63) is 64.6 Å². The Labute approximate surface area is 241 Å². The molecular weight excluding hydrogens is 549 g/mol. The lowest BCUT2D eigenvalue weighted by Gasteiger charge is -2.27. The molecule has 4 amide bonds. The molecule has 6 rings (SSSR count). The maximum absolute atomic E-state index is 14.3.